The van der Waals surface area contributed by atoms with Gasteiger partial charge in [-0.2, -0.15) is 0 Å². The third-order valence-electron chi connectivity index (χ3n) is 6.28. The predicted octanol–water partition coefficient (Wildman–Crippen LogP) is 6.82. The minimum atomic E-state index is -0.502. The molecule has 2 amide bonds. The molecular formula is C28H30Cl2F2N2O2. The van der Waals surface area contributed by atoms with Crippen LogP contribution in [0.25, 0.3) is 12.2 Å². The summed E-state index contributed by atoms with van der Waals surface area (Å²) < 4.78 is 27.9. The van der Waals surface area contributed by atoms with E-state index in [0.29, 0.717) is 13.0 Å². The Hall–Kier alpha value is -2.70. The Kier molecular flexibility index (Phi) is 8.96. The summed E-state index contributed by atoms with van der Waals surface area (Å²) in [5.74, 6) is -1.70. The van der Waals surface area contributed by atoms with Crippen LogP contribution < -0.4 is 10.6 Å². The average molecular weight is 535 g/mol. The number of nitrogens with one attached hydrogen (secondary N) is 2. The third-order valence-corrected chi connectivity index (χ3v) is 6.94. The van der Waals surface area contributed by atoms with Gasteiger partial charge >= 0.3 is 0 Å². The van der Waals surface area contributed by atoms with Crippen molar-refractivity contribution in [3.63, 3.8) is 0 Å². The third kappa shape index (κ3) is 7.65. The van der Waals surface area contributed by atoms with Gasteiger partial charge in [-0.25, -0.2) is 8.78 Å². The fraction of sp³-hybridized carbons (Fsp3) is 0.357. The molecule has 0 aromatic heterocycles. The molecule has 3 rings (SSSR count). The number of rotatable bonds is 7. The van der Waals surface area contributed by atoms with Crippen LogP contribution in [0.15, 0.2) is 48.6 Å². The van der Waals surface area contributed by atoms with Crippen molar-refractivity contribution in [3.8, 4) is 0 Å². The van der Waals surface area contributed by atoms with E-state index >= 15 is 0 Å². The van der Waals surface area contributed by atoms with Crippen molar-refractivity contribution in [3.05, 3.63) is 81.4 Å². The van der Waals surface area contributed by atoms with Gasteiger partial charge in [-0.05, 0) is 66.5 Å². The number of carbonyl (C=O) groups excluding carboxylic acids is 2. The van der Waals surface area contributed by atoms with E-state index in [0.717, 1.165) is 12.8 Å². The largest absolute Gasteiger partial charge is 0.352 e. The molecule has 2 atom stereocenters. The Morgan fingerprint density at radius 3 is 1.97 bits per heavy atom. The lowest BCUT2D eigenvalue weighted by Crippen LogP contribution is -2.50. The highest BCUT2D eigenvalue weighted by atomic mass is 35.5. The maximum atomic E-state index is 14.0. The van der Waals surface area contributed by atoms with Crippen molar-refractivity contribution in [2.75, 3.05) is 6.54 Å². The molecular weight excluding hydrogens is 505 g/mol. The van der Waals surface area contributed by atoms with Crippen LogP contribution in [0, 0.1) is 22.5 Å². The summed E-state index contributed by atoms with van der Waals surface area (Å²) in [5.41, 5.74) is -0.0373. The molecule has 0 spiro atoms. The number of carbonyl (C=O) groups is 2. The van der Waals surface area contributed by atoms with E-state index in [1.165, 1.54) is 48.6 Å². The highest BCUT2D eigenvalue weighted by molar-refractivity contribution is 6.32. The van der Waals surface area contributed by atoms with Gasteiger partial charge < -0.3 is 10.6 Å². The van der Waals surface area contributed by atoms with E-state index in [1.54, 1.807) is 12.1 Å². The van der Waals surface area contributed by atoms with E-state index in [-0.39, 0.29) is 49.9 Å². The molecule has 0 bridgehead atoms. The Bertz CT molecular complexity index is 1160. The molecule has 2 unspecified atom stereocenters. The summed E-state index contributed by atoms with van der Waals surface area (Å²) >= 11 is 12.0. The summed E-state index contributed by atoms with van der Waals surface area (Å²) in [5, 5.41) is 6.37. The Balaban J connectivity index is 1.61. The number of benzene rings is 2. The summed E-state index contributed by atoms with van der Waals surface area (Å²) in [6.07, 6.45) is 7.53. The highest BCUT2D eigenvalue weighted by Gasteiger charge is 2.41. The first-order valence-electron chi connectivity index (χ1n) is 11.7. The molecule has 0 radical (unpaired) electrons. The second-order valence-electron chi connectivity index (χ2n) is 10.4. The molecule has 1 aliphatic carbocycles. The summed E-state index contributed by atoms with van der Waals surface area (Å²) in [6, 6.07) is 8.56. The van der Waals surface area contributed by atoms with Crippen molar-refractivity contribution in [1.82, 2.24) is 10.6 Å². The van der Waals surface area contributed by atoms with Gasteiger partial charge in [0.25, 0.3) is 0 Å². The maximum absolute atomic E-state index is 14.0. The van der Waals surface area contributed by atoms with Crippen molar-refractivity contribution in [2.45, 2.75) is 46.1 Å². The topological polar surface area (TPSA) is 58.2 Å². The van der Waals surface area contributed by atoms with Crippen LogP contribution in [-0.2, 0) is 9.59 Å². The lowest BCUT2D eigenvalue weighted by molar-refractivity contribution is -0.119. The van der Waals surface area contributed by atoms with Gasteiger partial charge in [0.1, 0.15) is 11.6 Å². The van der Waals surface area contributed by atoms with Crippen molar-refractivity contribution < 1.29 is 18.4 Å². The lowest BCUT2D eigenvalue weighted by Gasteiger charge is -2.46. The molecule has 1 aliphatic rings. The molecule has 36 heavy (non-hydrogen) atoms. The van der Waals surface area contributed by atoms with Gasteiger partial charge in [0.05, 0.1) is 10.0 Å². The van der Waals surface area contributed by atoms with Gasteiger partial charge in [0.2, 0.25) is 11.8 Å². The Labute approximate surface area is 220 Å². The van der Waals surface area contributed by atoms with Crippen LogP contribution in [0.4, 0.5) is 8.78 Å². The van der Waals surface area contributed by atoms with E-state index in [1.807, 2.05) is 0 Å². The number of hydrogen-bond acceptors (Lipinski definition) is 2. The van der Waals surface area contributed by atoms with E-state index < -0.39 is 11.6 Å². The van der Waals surface area contributed by atoms with Gasteiger partial charge in [0, 0.05) is 35.9 Å². The van der Waals surface area contributed by atoms with Crippen LogP contribution in [0.3, 0.4) is 0 Å². The summed E-state index contributed by atoms with van der Waals surface area (Å²) in [6.45, 7) is 6.71. The summed E-state index contributed by atoms with van der Waals surface area (Å²) in [4.78, 5) is 25.0. The fourth-order valence-electron chi connectivity index (χ4n) is 5.14. The van der Waals surface area contributed by atoms with E-state index in [4.69, 9.17) is 23.2 Å². The second kappa shape index (κ2) is 11.6. The zero-order valence-electron chi connectivity index (χ0n) is 20.5. The monoisotopic (exact) mass is 534 g/mol. The first-order chi connectivity index (χ1) is 16.9. The standard InChI is InChI=1S/C28H30Cl2F2N2O2/c1-27(2)14-18(34-26(36)13-11-20-22(30)7-5-9-24(20)32)15-28(3,16-27)17-33-25(35)12-10-19-21(29)6-4-8-23(19)31/h4-13,18H,14-17H2,1-3H3,(H,33,35)(H,34,36)/b12-10+,13-11+. The molecule has 8 heteroatoms. The Morgan fingerprint density at radius 1 is 0.917 bits per heavy atom. The van der Waals surface area contributed by atoms with Gasteiger partial charge in [-0.3, -0.25) is 9.59 Å². The van der Waals surface area contributed by atoms with Gasteiger partial charge in [-0.15, -0.1) is 0 Å². The molecule has 2 N–H and O–H groups in total. The number of hydrogen-bond donors (Lipinski definition) is 2. The minimum absolute atomic E-state index is 0.0786. The zero-order chi connectivity index (χ0) is 26.5. The number of halogens is 4. The molecule has 1 saturated carbocycles. The lowest BCUT2D eigenvalue weighted by atomic mass is 9.62. The van der Waals surface area contributed by atoms with Crippen LogP contribution in [0.1, 0.15) is 51.2 Å². The molecule has 0 saturated heterocycles. The smallest absolute Gasteiger partial charge is 0.244 e. The van der Waals surface area contributed by atoms with Gasteiger partial charge in [-0.1, -0.05) is 56.1 Å². The highest BCUT2D eigenvalue weighted by Crippen LogP contribution is 2.45. The van der Waals surface area contributed by atoms with Crippen LogP contribution in [0.5, 0.6) is 0 Å². The summed E-state index contributed by atoms with van der Waals surface area (Å²) in [7, 11) is 0. The quantitative estimate of drug-likeness (QED) is 0.383. The number of amides is 2. The second-order valence-corrected chi connectivity index (χ2v) is 11.2. The van der Waals surface area contributed by atoms with Crippen molar-refractivity contribution in [2.24, 2.45) is 10.8 Å². The van der Waals surface area contributed by atoms with Crippen molar-refractivity contribution >= 4 is 47.2 Å². The zero-order valence-corrected chi connectivity index (χ0v) is 22.0. The molecule has 4 nitrogen and oxygen atoms in total. The Morgan fingerprint density at radius 2 is 1.44 bits per heavy atom. The maximum Gasteiger partial charge on any atom is 0.244 e. The minimum Gasteiger partial charge on any atom is -0.352 e. The van der Waals surface area contributed by atoms with E-state index in [2.05, 4.69) is 31.4 Å². The van der Waals surface area contributed by atoms with Crippen LogP contribution >= 0.6 is 23.2 Å². The first-order valence-corrected chi connectivity index (χ1v) is 12.5. The van der Waals surface area contributed by atoms with Gasteiger partial charge in [0.15, 0.2) is 0 Å². The SMILES string of the molecule is CC1(C)CC(NC(=O)/C=C/c2c(F)cccc2Cl)CC(C)(CNC(=O)/C=C/c2c(F)cccc2Cl)C1. The predicted molar refractivity (Wildman–Crippen MR) is 142 cm³/mol. The molecule has 0 heterocycles. The van der Waals surface area contributed by atoms with Crippen LogP contribution in [0.2, 0.25) is 10.0 Å². The molecule has 1 fully saturated rings. The average Bonchev–Trinajstić information content (AvgIpc) is 2.76. The molecule has 2 aromatic rings. The van der Waals surface area contributed by atoms with Crippen LogP contribution in [-0.4, -0.2) is 24.4 Å². The molecule has 2 aromatic carbocycles. The van der Waals surface area contributed by atoms with E-state index in [9.17, 15) is 18.4 Å². The molecule has 0 aliphatic heterocycles. The van der Waals surface area contributed by atoms with Crippen molar-refractivity contribution in [1.29, 1.82) is 0 Å². The normalized spacial score (nSPS) is 21.6. The fourth-order valence-corrected chi connectivity index (χ4v) is 5.59. The molecule has 192 valence electrons. The first kappa shape index (κ1) is 27.9.